The van der Waals surface area contributed by atoms with Crippen molar-refractivity contribution in [1.82, 2.24) is 0 Å². The summed E-state index contributed by atoms with van der Waals surface area (Å²) in [7, 11) is 11.4. The van der Waals surface area contributed by atoms with E-state index in [1.807, 2.05) is 0 Å². The smallest absolute Gasteiger partial charge is 0.0488 e. The van der Waals surface area contributed by atoms with Crippen LogP contribution in [0.4, 0.5) is 0 Å². The van der Waals surface area contributed by atoms with Crippen LogP contribution < -0.4 is 0 Å². The van der Waals surface area contributed by atoms with Crippen molar-refractivity contribution in [2.45, 2.75) is 53.5 Å². The molecule has 1 radical (unpaired) electrons. The molecule has 0 saturated carbocycles. The minimum atomic E-state index is -1.82. The van der Waals surface area contributed by atoms with E-state index in [1.54, 1.807) is 0 Å². The van der Waals surface area contributed by atoms with Crippen molar-refractivity contribution < 1.29 is 17.7 Å². The van der Waals surface area contributed by atoms with Crippen LogP contribution in [0.5, 0.6) is 0 Å². The summed E-state index contributed by atoms with van der Waals surface area (Å²) in [6.07, 6.45) is 3.53. The second-order valence-electron chi connectivity index (χ2n) is 7.76. The van der Waals surface area contributed by atoms with Crippen molar-refractivity contribution in [2.75, 3.05) is 0 Å². The molecule has 0 heterocycles. The zero-order chi connectivity index (χ0) is 22.1. The first kappa shape index (κ1) is 25.6. The van der Waals surface area contributed by atoms with Gasteiger partial charge >= 0.3 is 66.9 Å². The van der Waals surface area contributed by atoms with Gasteiger partial charge in [0.25, 0.3) is 0 Å². The number of aryl methyl sites for hydroxylation is 4. The monoisotopic (exact) mass is 621 g/mol. The molecule has 0 aromatic heterocycles. The molecule has 0 aliphatic rings. The summed E-state index contributed by atoms with van der Waals surface area (Å²) in [5, 5.41) is 5.51. The van der Waals surface area contributed by atoms with E-state index in [0.717, 1.165) is 6.22 Å². The molecule has 0 aliphatic carbocycles. The van der Waals surface area contributed by atoms with Gasteiger partial charge in [0.2, 0.25) is 0 Å². The van der Waals surface area contributed by atoms with Crippen LogP contribution in [-0.4, -0.2) is 6.22 Å². The SMILES string of the molecule is CCCC[Si]=[Hf]([Cl])[Cl].Cc1cc2c(C)cccc2[cH-]1.Cc1cc2c(C)cccc2[cH-]1. The normalized spacial score (nSPS) is 10.2. The summed E-state index contributed by atoms with van der Waals surface area (Å²) in [5.74, 6) is 0. The topological polar surface area (TPSA) is 0 Å². The van der Waals surface area contributed by atoms with Gasteiger partial charge in [-0.3, -0.25) is 0 Å². The second kappa shape index (κ2) is 13.0. The third-order valence-corrected chi connectivity index (χ3v) is 18.0. The number of fused-ring (bicyclic) bond motifs is 2. The standard InChI is InChI=1S/2C11H11.C4H9Si.2ClH.Hf/c2*1-8-6-10-5-3-4-9(2)11(10)7-8;1-2-3-4-5;;;/h2*3-7H,1-2H3;2-4H2,1H3;2*1H;/q2*-1;;;;+2/p-2. The van der Waals surface area contributed by atoms with E-state index in [-0.39, 0.29) is 0 Å². The molecular weight excluding hydrogens is 590 g/mol. The Labute approximate surface area is 197 Å². The molecule has 0 amide bonds. The van der Waals surface area contributed by atoms with Crippen LogP contribution in [0.3, 0.4) is 0 Å². The summed E-state index contributed by atoms with van der Waals surface area (Å²) in [6.45, 7) is 10.8. The third-order valence-electron chi connectivity index (χ3n) is 5.02. The predicted octanol–water partition coefficient (Wildman–Crippen LogP) is 9.10. The van der Waals surface area contributed by atoms with Gasteiger partial charge in [0.05, 0.1) is 0 Å². The summed E-state index contributed by atoms with van der Waals surface area (Å²) in [4.78, 5) is 0. The van der Waals surface area contributed by atoms with Gasteiger partial charge in [0.15, 0.2) is 0 Å². The average molecular weight is 621 g/mol. The Morgan fingerprint density at radius 3 is 1.63 bits per heavy atom. The van der Waals surface area contributed by atoms with Crippen molar-refractivity contribution in [3.8, 4) is 0 Å². The molecule has 0 aliphatic heterocycles. The van der Waals surface area contributed by atoms with E-state index >= 15 is 0 Å². The summed E-state index contributed by atoms with van der Waals surface area (Å²) >= 11 is -1.82. The van der Waals surface area contributed by atoms with Crippen LogP contribution in [0.15, 0.2) is 60.7 Å². The van der Waals surface area contributed by atoms with Crippen LogP contribution in [0.1, 0.15) is 42.0 Å². The largest absolute Gasteiger partial charge is 0.165 e. The van der Waals surface area contributed by atoms with Crippen LogP contribution >= 0.6 is 17.2 Å². The van der Waals surface area contributed by atoms with Crippen LogP contribution in [0.2, 0.25) is 6.04 Å². The molecule has 159 valence electrons. The maximum absolute atomic E-state index is 5.70. The van der Waals surface area contributed by atoms with E-state index in [4.69, 9.17) is 17.2 Å². The molecule has 0 nitrogen and oxygen atoms in total. The third kappa shape index (κ3) is 8.11. The van der Waals surface area contributed by atoms with Gasteiger partial charge in [-0.15, -0.1) is 69.1 Å². The summed E-state index contributed by atoms with van der Waals surface area (Å²) in [5.41, 5.74) is 5.45. The molecule has 0 N–H and O–H groups in total. The second-order valence-corrected chi connectivity index (χ2v) is 31.3. The molecule has 4 aromatic carbocycles. The molecule has 0 unspecified atom stereocenters. The molecule has 30 heavy (non-hydrogen) atoms. The van der Waals surface area contributed by atoms with E-state index in [0.29, 0.717) is 0 Å². The van der Waals surface area contributed by atoms with Crippen LogP contribution in [0.25, 0.3) is 21.5 Å². The number of hydrogen-bond acceptors (Lipinski definition) is 0. The van der Waals surface area contributed by atoms with Crippen LogP contribution in [0, 0.1) is 27.7 Å². The van der Waals surface area contributed by atoms with Crippen molar-refractivity contribution >= 4 is 44.9 Å². The van der Waals surface area contributed by atoms with Gasteiger partial charge in [0, 0.05) is 0 Å². The number of unbranched alkanes of at least 4 members (excludes halogenated alkanes) is 1. The Kier molecular flexibility index (Phi) is 11.1. The maximum Gasteiger partial charge on any atom is -0.0488 e. The molecule has 4 rings (SSSR count). The molecule has 0 atom stereocenters. The predicted molar refractivity (Wildman–Crippen MR) is 135 cm³/mol. The number of rotatable bonds is 3. The van der Waals surface area contributed by atoms with Gasteiger partial charge < -0.3 is 0 Å². The molecule has 0 spiro atoms. The molecule has 4 heteroatoms. The first-order valence-corrected chi connectivity index (χ1v) is 26.0. The Bertz CT molecular complexity index is 1020. The van der Waals surface area contributed by atoms with Gasteiger partial charge in [-0.1, -0.05) is 37.1 Å². The number of hydrogen-bond donors (Lipinski definition) is 0. The van der Waals surface area contributed by atoms with E-state index in [9.17, 15) is 0 Å². The Balaban J connectivity index is 0.000000163. The van der Waals surface area contributed by atoms with E-state index in [2.05, 4.69) is 95.3 Å². The first-order chi connectivity index (χ1) is 14.3. The molecular formula is C26H31Cl2HfSi-2. The fraction of sp³-hybridized carbons (Fsp3) is 0.308. The van der Waals surface area contributed by atoms with Gasteiger partial charge in [-0.05, 0) is 13.8 Å². The zero-order valence-electron chi connectivity index (χ0n) is 18.7. The number of halogens is 2. The van der Waals surface area contributed by atoms with Gasteiger partial charge in [-0.2, -0.15) is 12.1 Å². The minimum absolute atomic E-state index is 0.939. The van der Waals surface area contributed by atoms with E-state index < -0.39 is 17.7 Å². The van der Waals surface area contributed by atoms with Gasteiger partial charge in [0.1, 0.15) is 0 Å². The van der Waals surface area contributed by atoms with Crippen molar-refractivity contribution in [3.63, 3.8) is 0 Å². The Morgan fingerprint density at radius 1 is 0.800 bits per heavy atom. The Hall–Kier alpha value is -0.673. The quantitative estimate of drug-likeness (QED) is 0.122. The minimum Gasteiger partial charge on any atom is -0.165 e. The van der Waals surface area contributed by atoms with Crippen LogP contribution in [-0.2, 0) is 17.7 Å². The molecule has 0 bridgehead atoms. The first-order valence-electron chi connectivity index (χ1n) is 10.5. The molecule has 0 fully saturated rings. The van der Waals surface area contributed by atoms with Gasteiger partial charge in [-0.25, -0.2) is 0 Å². The average Bonchev–Trinajstić information content (AvgIpc) is 3.26. The fourth-order valence-corrected chi connectivity index (χ4v) is 12.7. The van der Waals surface area contributed by atoms with Crippen molar-refractivity contribution in [1.29, 1.82) is 0 Å². The fourth-order valence-electron chi connectivity index (χ4n) is 3.44. The zero-order valence-corrected chi connectivity index (χ0v) is 24.8. The van der Waals surface area contributed by atoms with E-state index in [1.165, 1.54) is 62.7 Å². The Morgan fingerprint density at radius 2 is 1.27 bits per heavy atom. The summed E-state index contributed by atoms with van der Waals surface area (Å²) < 4.78 is 0. The number of benzene rings is 2. The maximum atomic E-state index is 5.70. The van der Waals surface area contributed by atoms with Crippen molar-refractivity contribution in [3.05, 3.63) is 82.9 Å². The molecule has 4 aromatic rings. The van der Waals surface area contributed by atoms with Crippen molar-refractivity contribution in [2.24, 2.45) is 0 Å². The summed E-state index contributed by atoms with van der Waals surface area (Å²) in [6, 6.07) is 23.1. The molecule has 0 saturated heterocycles.